The van der Waals surface area contributed by atoms with Gasteiger partial charge in [-0.2, -0.15) is 10.1 Å². The van der Waals surface area contributed by atoms with Gasteiger partial charge < -0.3 is 9.84 Å². The van der Waals surface area contributed by atoms with Crippen LogP contribution in [0.25, 0.3) is 17.3 Å². The molecule has 1 amide bonds. The van der Waals surface area contributed by atoms with Crippen molar-refractivity contribution in [2.24, 2.45) is 0 Å². The topological polar surface area (TPSA) is 98.7 Å². The van der Waals surface area contributed by atoms with Crippen LogP contribution in [0.3, 0.4) is 0 Å². The number of pyridine rings is 1. The number of carbonyl (C=O) groups is 1. The van der Waals surface area contributed by atoms with E-state index in [2.05, 4.69) is 25.5 Å². The summed E-state index contributed by atoms with van der Waals surface area (Å²) in [5.74, 6) is 0.811. The Balaban J connectivity index is 1.55. The molecule has 0 atom stereocenters. The molecule has 0 aliphatic rings. The first kappa shape index (κ1) is 19.4. The molecule has 0 radical (unpaired) electrons. The van der Waals surface area contributed by atoms with Crippen molar-refractivity contribution >= 4 is 5.91 Å². The average Bonchev–Trinajstić information content (AvgIpc) is 3.40. The maximum atomic E-state index is 13.8. The monoisotopic (exact) mass is 406 g/mol. The molecule has 8 nitrogen and oxygen atoms in total. The molecule has 0 bridgehead atoms. The summed E-state index contributed by atoms with van der Waals surface area (Å²) in [6.07, 6.45) is 3.74. The number of rotatable bonds is 6. The molecule has 30 heavy (non-hydrogen) atoms. The minimum absolute atomic E-state index is 0.0841. The third-order valence-corrected chi connectivity index (χ3v) is 4.65. The zero-order chi connectivity index (χ0) is 21.1. The molecule has 0 spiro atoms. The van der Waals surface area contributed by atoms with E-state index >= 15 is 0 Å². The van der Waals surface area contributed by atoms with Crippen molar-refractivity contribution in [2.45, 2.75) is 26.8 Å². The van der Waals surface area contributed by atoms with Crippen molar-refractivity contribution in [3.63, 3.8) is 0 Å². The zero-order valence-electron chi connectivity index (χ0n) is 16.5. The molecule has 1 aromatic carbocycles. The molecule has 9 heteroatoms. The van der Waals surface area contributed by atoms with E-state index in [1.165, 1.54) is 12.3 Å². The number of carbonyl (C=O) groups excluding carboxylic acids is 1. The lowest BCUT2D eigenvalue weighted by Gasteiger charge is -2.07. The molecule has 3 aromatic heterocycles. The van der Waals surface area contributed by atoms with Gasteiger partial charge in [0.2, 0.25) is 0 Å². The Hall–Kier alpha value is -3.88. The predicted molar refractivity (Wildman–Crippen MR) is 106 cm³/mol. The molecule has 152 valence electrons. The molecular formula is C21H19FN6O2. The second-order valence-corrected chi connectivity index (χ2v) is 6.60. The van der Waals surface area contributed by atoms with Gasteiger partial charge in [0, 0.05) is 30.3 Å². The van der Waals surface area contributed by atoms with Gasteiger partial charge in [-0.15, -0.1) is 0 Å². The van der Waals surface area contributed by atoms with Gasteiger partial charge in [0.25, 0.3) is 11.8 Å². The van der Waals surface area contributed by atoms with E-state index in [1.807, 2.05) is 6.92 Å². The predicted octanol–water partition coefficient (Wildman–Crippen LogP) is 3.26. The van der Waals surface area contributed by atoms with E-state index in [0.29, 0.717) is 46.3 Å². The first-order chi connectivity index (χ1) is 14.6. The number of benzene rings is 1. The van der Waals surface area contributed by atoms with Crippen LogP contribution in [0.15, 0.2) is 53.3 Å². The minimum Gasteiger partial charge on any atom is -0.348 e. The second-order valence-electron chi connectivity index (χ2n) is 6.60. The van der Waals surface area contributed by atoms with Crippen molar-refractivity contribution < 1.29 is 13.7 Å². The Bertz CT molecular complexity index is 1200. The number of halogens is 1. The molecule has 1 N–H and O–H groups in total. The largest absolute Gasteiger partial charge is 0.348 e. The van der Waals surface area contributed by atoms with Crippen LogP contribution in [0.4, 0.5) is 4.39 Å². The number of aromatic nitrogens is 5. The maximum absolute atomic E-state index is 13.8. The van der Waals surface area contributed by atoms with Crippen molar-refractivity contribution in [2.75, 3.05) is 0 Å². The molecule has 3 heterocycles. The van der Waals surface area contributed by atoms with E-state index in [-0.39, 0.29) is 18.3 Å². The van der Waals surface area contributed by atoms with Gasteiger partial charge in [-0.1, -0.05) is 30.3 Å². The van der Waals surface area contributed by atoms with E-state index in [0.717, 1.165) is 0 Å². The summed E-state index contributed by atoms with van der Waals surface area (Å²) in [7, 11) is 0. The highest BCUT2D eigenvalue weighted by Crippen LogP contribution is 2.20. The minimum atomic E-state index is -0.363. The van der Waals surface area contributed by atoms with E-state index < -0.39 is 0 Å². The Kier molecular flexibility index (Phi) is 5.34. The maximum Gasteiger partial charge on any atom is 0.258 e. The van der Waals surface area contributed by atoms with Crippen LogP contribution in [0.2, 0.25) is 0 Å². The first-order valence-corrected chi connectivity index (χ1v) is 9.42. The van der Waals surface area contributed by atoms with E-state index in [9.17, 15) is 9.18 Å². The molecule has 0 saturated heterocycles. The smallest absolute Gasteiger partial charge is 0.258 e. The highest BCUT2D eigenvalue weighted by Gasteiger charge is 2.17. The number of hydrogen-bond acceptors (Lipinski definition) is 6. The van der Waals surface area contributed by atoms with Crippen molar-refractivity contribution in [1.29, 1.82) is 0 Å². The number of amides is 1. The number of nitrogens with zero attached hydrogens (tertiary/aromatic N) is 5. The quantitative estimate of drug-likeness (QED) is 0.528. The average molecular weight is 406 g/mol. The van der Waals surface area contributed by atoms with Gasteiger partial charge in [-0.3, -0.25) is 4.79 Å². The fraction of sp³-hybridized carbons (Fsp3) is 0.190. The fourth-order valence-electron chi connectivity index (χ4n) is 2.96. The van der Waals surface area contributed by atoms with Crippen LogP contribution >= 0.6 is 0 Å². The SMILES string of the molecule is CCc1noc(-c2ccnc(-n3ncc(C(=O)NCc4ccccc4F)c3C)c2)n1. The Morgan fingerprint density at radius 2 is 2.10 bits per heavy atom. The number of aryl methyl sites for hydroxylation is 1. The molecule has 0 saturated carbocycles. The van der Waals surface area contributed by atoms with Crippen molar-refractivity contribution in [3.8, 4) is 17.3 Å². The molecule has 0 aliphatic carbocycles. The summed E-state index contributed by atoms with van der Waals surface area (Å²) in [4.78, 5) is 21.2. The molecular weight excluding hydrogens is 387 g/mol. The zero-order valence-corrected chi connectivity index (χ0v) is 16.5. The Morgan fingerprint density at radius 3 is 2.87 bits per heavy atom. The van der Waals surface area contributed by atoms with Crippen molar-refractivity contribution in [3.05, 3.63) is 77.3 Å². The van der Waals surface area contributed by atoms with Gasteiger partial charge in [0.1, 0.15) is 5.82 Å². The van der Waals surface area contributed by atoms with Gasteiger partial charge in [0.05, 0.1) is 17.5 Å². The number of nitrogens with one attached hydrogen (secondary N) is 1. The second kappa shape index (κ2) is 8.24. The summed E-state index contributed by atoms with van der Waals surface area (Å²) in [6, 6.07) is 9.83. The van der Waals surface area contributed by atoms with E-state index in [1.54, 1.807) is 48.1 Å². The number of hydrogen-bond donors (Lipinski definition) is 1. The lowest BCUT2D eigenvalue weighted by molar-refractivity contribution is 0.0950. The van der Waals surface area contributed by atoms with Crippen molar-refractivity contribution in [1.82, 2.24) is 30.2 Å². The van der Waals surface area contributed by atoms with Crippen LogP contribution in [0.5, 0.6) is 0 Å². The standard InChI is InChI=1S/C21H19FN6O2/c1-3-18-26-21(30-27-18)14-8-9-23-19(10-14)28-13(2)16(12-25-28)20(29)24-11-15-6-4-5-7-17(15)22/h4-10,12H,3,11H2,1-2H3,(H,24,29). The van der Waals surface area contributed by atoms with Crippen LogP contribution in [-0.2, 0) is 13.0 Å². The summed E-state index contributed by atoms with van der Waals surface area (Å²) < 4.78 is 20.6. The third-order valence-electron chi connectivity index (χ3n) is 4.65. The van der Waals surface area contributed by atoms with Gasteiger partial charge in [-0.25, -0.2) is 14.1 Å². The fourth-order valence-corrected chi connectivity index (χ4v) is 2.96. The molecule has 4 aromatic rings. The first-order valence-electron chi connectivity index (χ1n) is 9.42. The lowest BCUT2D eigenvalue weighted by atomic mass is 10.2. The lowest BCUT2D eigenvalue weighted by Crippen LogP contribution is -2.23. The molecule has 0 fully saturated rings. The molecule has 0 aliphatic heterocycles. The highest BCUT2D eigenvalue weighted by atomic mass is 19.1. The van der Waals surface area contributed by atoms with Crippen LogP contribution in [0, 0.1) is 12.7 Å². The van der Waals surface area contributed by atoms with Crippen LogP contribution in [-0.4, -0.2) is 30.8 Å². The molecule has 0 unspecified atom stereocenters. The summed E-state index contributed by atoms with van der Waals surface area (Å²) in [6.45, 7) is 3.79. The summed E-state index contributed by atoms with van der Waals surface area (Å²) in [5.41, 5.74) is 2.10. The highest BCUT2D eigenvalue weighted by molar-refractivity contribution is 5.95. The summed E-state index contributed by atoms with van der Waals surface area (Å²) >= 11 is 0. The van der Waals surface area contributed by atoms with Gasteiger partial charge >= 0.3 is 0 Å². The van der Waals surface area contributed by atoms with Crippen LogP contribution in [0.1, 0.15) is 34.4 Å². The Labute approximate surface area is 171 Å². The third kappa shape index (κ3) is 3.82. The van der Waals surface area contributed by atoms with E-state index in [4.69, 9.17) is 4.52 Å². The van der Waals surface area contributed by atoms with Crippen LogP contribution < -0.4 is 5.32 Å². The van der Waals surface area contributed by atoms with Gasteiger partial charge in [0.15, 0.2) is 11.6 Å². The van der Waals surface area contributed by atoms with Gasteiger partial charge in [-0.05, 0) is 25.1 Å². The molecule has 4 rings (SSSR count). The summed E-state index contributed by atoms with van der Waals surface area (Å²) in [5, 5.41) is 10.9. The Morgan fingerprint density at radius 1 is 1.27 bits per heavy atom. The normalized spacial score (nSPS) is 10.9.